The lowest BCUT2D eigenvalue weighted by Gasteiger charge is -2.09. The van der Waals surface area contributed by atoms with Crippen molar-refractivity contribution in [1.29, 1.82) is 0 Å². The average molecular weight is 292 g/mol. The normalized spacial score (nSPS) is 12.8. The molecule has 0 aliphatic rings. The molecule has 0 fully saturated rings. The zero-order valence-corrected chi connectivity index (χ0v) is 11.4. The maximum absolute atomic E-state index is 6.15. The molecule has 1 unspecified atom stereocenters. The van der Waals surface area contributed by atoms with E-state index in [9.17, 15) is 0 Å². The molecule has 2 aromatic rings. The number of aromatic nitrogens is 4. The third-order valence-corrected chi connectivity index (χ3v) is 3.21. The first-order chi connectivity index (χ1) is 8.00. The Balaban J connectivity index is 2.60. The van der Waals surface area contributed by atoms with Crippen molar-refractivity contribution in [3.8, 4) is 5.69 Å². The highest BCUT2D eigenvalue weighted by atomic mass is 35.5. The lowest BCUT2D eigenvalue weighted by molar-refractivity contribution is 0.761. The van der Waals surface area contributed by atoms with Crippen molar-refractivity contribution >= 4 is 34.8 Å². The van der Waals surface area contributed by atoms with Gasteiger partial charge in [-0.05, 0) is 42.0 Å². The minimum atomic E-state index is -0.318. The van der Waals surface area contributed by atoms with Gasteiger partial charge in [-0.25, -0.2) is 0 Å². The first-order valence-electron chi connectivity index (χ1n) is 4.89. The SMILES string of the molecule is Cc1cc(Cl)c(-n2nnnc2C(C)Cl)cc1Cl. The van der Waals surface area contributed by atoms with Gasteiger partial charge in [-0.15, -0.1) is 16.7 Å². The summed E-state index contributed by atoms with van der Waals surface area (Å²) < 4.78 is 1.49. The molecular weight excluding hydrogens is 282 g/mol. The number of halogens is 3. The van der Waals surface area contributed by atoms with Gasteiger partial charge in [-0.2, -0.15) is 4.68 Å². The van der Waals surface area contributed by atoms with E-state index >= 15 is 0 Å². The van der Waals surface area contributed by atoms with Crippen LogP contribution < -0.4 is 0 Å². The van der Waals surface area contributed by atoms with Crippen molar-refractivity contribution in [2.24, 2.45) is 0 Å². The maximum Gasteiger partial charge on any atom is 0.174 e. The van der Waals surface area contributed by atoms with Crippen molar-refractivity contribution in [3.05, 3.63) is 33.6 Å². The first kappa shape index (κ1) is 12.6. The molecule has 1 aromatic heterocycles. The summed E-state index contributed by atoms with van der Waals surface area (Å²) in [6.07, 6.45) is 0. The molecule has 7 heteroatoms. The van der Waals surface area contributed by atoms with Gasteiger partial charge in [0.05, 0.1) is 16.1 Å². The molecule has 90 valence electrons. The molecular formula is C10H9Cl3N4. The van der Waals surface area contributed by atoms with Crippen LogP contribution in [0.1, 0.15) is 23.7 Å². The number of benzene rings is 1. The van der Waals surface area contributed by atoms with Gasteiger partial charge in [0.25, 0.3) is 0 Å². The van der Waals surface area contributed by atoms with Crippen LogP contribution in [0.2, 0.25) is 10.0 Å². The highest BCUT2D eigenvalue weighted by molar-refractivity contribution is 6.35. The fourth-order valence-electron chi connectivity index (χ4n) is 1.41. The fraction of sp³-hybridized carbons (Fsp3) is 0.300. The van der Waals surface area contributed by atoms with Crippen LogP contribution in [0.15, 0.2) is 12.1 Å². The van der Waals surface area contributed by atoms with Gasteiger partial charge >= 0.3 is 0 Å². The molecule has 2 rings (SSSR count). The lowest BCUT2D eigenvalue weighted by atomic mass is 10.2. The van der Waals surface area contributed by atoms with E-state index in [0.29, 0.717) is 21.6 Å². The molecule has 0 radical (unpaired) electrons. The summed E-state index contributed by atoms with van der Waals surface area (Å²) in [5.74, 6) is 0.522. The Bertz CT molecular complexity index is 550. The maximum atomic E-state index is 6.15. The molecule has 0 spiro atoms. The number of hydrogen-bond acceptors (Lipinski definition) is 3. The Morgan fingerprint density at radius 3 is 2.59 bits per heavy atom. The van der Waals surface area contributed by atoms with Gasteiger partial charge in [-0.3, -0.25) is 0 Å². The molecule has 0 bridgehead atoms. The van der Waals surface area contributed by atoms with E-state index in [1.807, 2.05) is 6.92 Å². The van der Waals surface area contributed by atoms with Crippen LogP contribution in [-0.4, -0.2) is 20.2 Å². The van der Waals surface area contributed by atoms with Crippen molar-refractivity contribution in [1.82, 2.24) is 20.2 Å². The largest absolute Gasteiger partial charge is 0.194 e. The third kappa shape index (κ3) is 2.39. The minimum Gasteiger partial charge on any atom is -0.194 e. The highest BCUT2D eigenvalue weighted by Crippen LogP contribution is 2.29. The molecule has 0 saturated carbocycles. The van der Waals surface area contributed by atoms with Crippen LogP contribution >= 0.6 is 34.8 Å². The number of alkyl halides is 1. The van der Waals surface area contributed by atoms with Gasteiger partial charge < -0.3 is 0 Å². The molecule has 1 heterocycles. The minimum absolute atomic E-state index is 0.318. The second-order valence-electron chi connectivity index (χ2n) is 3.62. The summed E-state index contributed by atoms with van der Waals surface area (Å²) in [4.78, 5) is 0. The topological polar surface area (TPSA) is 43.6 Å². The molecule has 0 aliphatic carbocycles. The predicted octanol–water partition coefficient (Wildman–Crippen LogP) is 3.58. The van der Waals surface area contributed by atoms with Crippen LogP contribution in [0.4, 0.5) is 0 Å². The van der Waals surface area contributed by atoms with Gasteiger partial charge in [-0.1, -0.05) is 23.2 Å². The summed E-state index contributed by atoms with van der Waals surface area (Å²) in [7, 11) is 0. The summed E-state index contributed by atoms with van der Waals surface area (Å²) in [6.45, 7) is 3.66. The smallest absolute Gasteiger partial charge is 0.174 e. The number of nitrogens with zero attached hydrogens (tertiary/aromatic N) is 4. The lowest BCUT2D eigenvalue weighted by Crippen LogP contribution is -2.04. The van der Waals surface area contributed by atoms with Gasteiger partial charge in [0.1, 0.15) is 0 Å². The van der Waals surface area contributed by atoms with Gasteiger partial charge in [0.2, 0.25) is 0 Å². The molecule has 4 nitrogen and oxygen atoms in total. The van der Waals surface area contributed by atoms with E-state index in [2.05, 4.69) is 15.5 Å². The second kappa shape index (κ2) is 4.80. The van der Waals surface area contributed by atoms with Crippen molar-refractivity contribution in [3.63, 3.8) is 0 Å². The van der Waals surface area contributed by atoms with E-state index in [0.717, 1.165) is 5.56 Å². The summed E-state index contributed by atoms with van der Waals surface area (Å²) in [6, 6.07) is 3.49. The van der Waals surface area contributed by atoms with Gasteiger partial charge in [0, 0.05) is 5.02 Å². The number of aryl methyl sites for hydroxylation is 1. The van der Waals surface area contributed by atoms with E-state index in [1.165, 1.54) is 4.68 Å². The summed E-state index contributed by atoms with van der Waals surface area (Å²) >= 11 is 18.2. The number of rotatable bonds is 2. The summed E-state index contributed by atoms with van der Waals surface area (Å²) in [5, 5.41) is 12.1. The second-order valence-corrected chi connectivity index (χ2v) is 5.09. The van der Waals surface area contributed by atoms with Crippen LogP contribution in [0.25, 0.3) is 5.69 Å². The Kier molecular flexibility index (Phi) is 3.56. The zero-order valence-electron chi connectivity index (χ0n) is 9.15. The average Bonchev–Trinajstić information content (AvgIpc) is 2.72. The molecule has 1 aromatic carbocycles. The number of tetrazole rings is 1. The molecule has 0 N–H and O–H groups in total. The van der Waals surface area contributed by atoms with Crippen molar-refractivity contribution < 1.29 is 0 Å². The Morgan fingerprint density at radius 1 is 1.24 bits per heavy atom. The third-order valence-electron chi connectivity index (χ3n) is 2.31. The predicted molar refractivity (Wildman–Crippen MR) is 68.2 cm³/mol. The quantitative estimate of drug-likeness (QED) is 0.794. The van der Waals surface area contributed by atoms with E-state index in [1.54, 1.807) is 19.1 Å². The van der Waals surface area contributed by atoms with Gasteiger partial charge in [0.15, 0.2) is 5.82 Å². The molecule has 0 saturated heterocycles. The fourth-order valence-corrected chi connectivity index (χ4v) is 2.00. The molecule has 17 heavy (non-hydrogen) atoms. The first-order valence-corrected chi connectivity index (χ1v) is 6.08. The zero-order chi connectivity index (χ0) is 12.6. The van der Waals surface area contributed by atoms with Crippen molar-refractivity contribution in [2.75, 3.05) is 0 Å². The number of hydrogen-bond donors (Lipinski definition) is 0. The Hall–Kier alpha value is -0.840. The molecule has 1 atom stereocenters. The monoisotopic (exact) mass is 290 g/mol. The molecule has 0 amide bonds. The Labute approximate surface area is 113 Å². The standard InChI is InChI=1S/C10H9Cl3N4/c1-5-3-8(13)9(4-7(5)12)17-10(6(2)11)14-15-16-17/h3-4,6H,1-2H3. The molecule has 0 aliphatic heterocycles. The Morgan fingerprint density at radius 2 is 1.94 bits per heavy atom. The van der Waals surface area contributed by atoms with Crippen LogP contribution in [0.5, 0.6) is 0 Å². The highest BCUT2D eigenvalue weighted by Gasteiger charge is 2.16. The van der Waals surface area contributed by atoms with Crippen molar-refractivity contribution in [2.45, 2.75) is 19.2 Å². The van der Waals surface area contributed by atoms with E-state index in [-0.39, 0.29) is 5.38 Å². The van der Waals surface area contributed by atoms with Crippen LogP contribution in [0.3, 0.4) is 0 Å². The van der Waals surface area contributed by atoms with E-state index in [4.69, 9.17) is 34.8 Å². The van der Waals surface area contributed by atoms with Crippen LogP contribution in [0, 0.1) is 6.92 Å². The van der Waals surface area contributed by atoms with E-state index < -0.39 is 0 Å². The summed E-state index contributed by atoms with van der Waals surface area (Å²) in [5.41, 5.74) is 1.52. The van der Waals surface area contributed by atoms with Crippen LogP contribution in [-0.2, 0) is 0 Å².